The van der Waals surface area contributed by atoms with Crippen LogP contribution >= 0.6 is 0 Å². The van der Waals surface area contributed by atoms with E-state index in [1.54, 1.807) is 0 Å². The van der Waals surface area contributed by atoms with E-state index < -0.39 is 0 Å². The second kappa shape index (κ2) is 9.32. The predicted molar refractivity (Wildman–Crippen MR) is 109 cm³/mol. The highest BCUT2D eigenvalue weighted by Crippen LogP contribution is 2.22. The van der Waals surface area contributed by atoms with Crippen molar-refractivity contribution >= 4 is 5.91 Å². The number of carbonyl (C=O) groups excluding carboxylic acids is 1. The summed E-state index contributed by atoms with van der Waals surface area (Å²) in [5.41, 5.74) is 1.86. The molecule has 6 heteroatoms. The van der Waals surface area contributed by atoms with E-state index in [2.05, 4.69) is 50.9 Å². The Morgan fingerprint density at radius 2 is 1.93 bits per heavy atom. The van der Waals surface area contributed by atoms with Crippen molar-refractivity contribution in [3.8, 4) is 0 Å². The molecule has 1 aliphatic heterocycles. The topological polar surface area (TPSA) is 63.1 Å². The van der Waals surface area contributed by atoms with E-state index in [9.17, 15) is 4.79 Å². The van der Waals surface area contributed by atoms with E-state index in [0.29, 0.717) is 17.8 Å². The summed E-state index contributed by atoms with van der Waals surface area (Å²) in [5, 5.41) is 11.5. The first-order valence-electron chi connectivity index (χ1n) is 10.8. The van der Waals surface area contributed by atoms with Crippen LogP contribution in [0.5, 0.6) is 0 Å². The van der Waals surface area contributed by atoms with E-state index in [-0.39, 0.29) is 5.91 Å². The van der Waals surface area contributed by atoms with Crippen molar-refractivity contribution in [1.82, 2.24) is 25.2 Å². The van der Waals surface area contributed by atoms with Gasteiger partial charge in [0, 0.05) is 12.6 Å². The van der Waals surface area contributed by atoms with Crippen molar-refractivity contribution in [3.63, 3.8) is 0 Å². The van der Waals surface area contributed by atoms with Gasteiger partial charge in [-0.1, -0.05) is 48.4 Å². The number of likely N-dealkylation sites (tertiary alicyclic amines) is 1. The van der Waals surface area contributed by atoms with E-state index in [0.717, 1.165) is 45.3 Å². The molecular formula is C22H31N5O. The summed E-state index contributed by atoms with van der Waals surface area (Å²) in [6.07, 6.45) is 11.0. The van der Waals surface area contributed by atoms with Gasteiger partial charge in [-0.15, -0.1) is 5.10 Å². The minimum absolute atomic E-state index is 0.0753. The SMILES string of the molecule is O=C(NC1CCCC1)c1cn([C@H]2CCCN(CCCc3ccccc3)C2)nn1. The summed E-state index contributed by atoms with van der Waals surface area (Å²) in [6, 6.07) is 11.3. The first kappa shape index (κ1) is 19.1. The molecule has 0 spiro atoms. The molecule has 1 saturated heterocycles. The molecule has 1 amide bonds. The minimum Gasteiger partial charge on any atom is -0.348 e. The van der Waals surface area contributed by atoms with Gasteiger partial charge in [0.15, 0.2) is 5.69 Å². The number of hydrogen-bond donors (Lipinski definition) is 1. The normalized spacial score (nSPS) is 21.1. The van der Waals surface area contributed by atoms with Crippen LogP contribution in [0.25, 0.3) is 0 Å². The molecule has 2 heterocycles. The molecule has 6 nitrogen and oxygen atoms in total. The standard InChI is InChI=1S/C22H31N5O/c28-22(23-19-11-4-5-12-19)21-17-27(25-24-21)20-13-7-15-26(16-20)14-6-10-18-8-2-1-3-9-18/h1-3,8-9,17,19-20H,4-7,10-16H2,(H,23,28)/t20-/m0/s1. The molecule has 1 saturated carbocycles. The summed E-state index contributed by atoms with van der Waals surface area (Å²) in [4.78, 5) is 14.9. The van der Waals surface area contributed by atoms with Crippen LogP contribution in [-0.4, -0.2) is 51.5 Å². The summed E-state index contributed by atoms with van der Waals surface area (Å²) >= 11 is 0. The predicted octanol–water partition coefficient (Wildman–Crippen LogP) is 3.22. The molecule has 0 radical (unpaired) electrons. The van der Waals surface area contributed by atoms with E-state index in [1.807, 2.05) is 10.9 Å². The average molecular weight is 382 g/mol. The highest BCUT2D eigenvalue weighted by atomic mass is 16.2. The van der Waals surface area contributed by atoms with Crippen LogP contribution in [0, 0.1) is 0 Å². The van der Waals surface area contributed by atoms with Crippen LogP contribution in [0.1, 0.15) is 67.0 Å². The Morgan fingerprint density at radius 1 is 1.11 bits per heavy atom. The van der Waals surface area contributed by atoms with Gasteiger partial charge >= 0.3 is 0 Å². The zero-order valence-electron chi connectivity index (χ0n) is 16.6. The first-order valence-corrected chi connectivity index (χ1v) is 10.8. The molecule has 150 valence electrons. The van der Waals surface area contributed by atoms with Crippen LogP contribution in [-0.2, 0) is 6.42 Å². The molecule has 2 aromatic rings. The van der Waals surface area contributed by atoms with Crippen LogP contribution in [0.3, 0.4) is 0 Å². The van der Waals surface area contributed by atoms with Crippen LogP contribution in [0.4, 0.5) is 0 Å². The van der Waals surface area contributed by atoms with Crippen LogP contribution in [0.2, 0.25) is 0 Å². The molecule has 2 fully saturated rings. The minimum atomic E-state index is -0.0753. The molecule has 1 aromatic carbocycles. The van der Waals surface area contributed by atoms with Crippen molar-refractivity contribution < 1.29 is 4.79 Å². The fraction of sp³-hybridized carbons (Fsp3) is 0.591. The summed E-state index contributed by atoms with van der Waals surface area (Å²) in [7, 11) is 0. The zero-order chi connectivity index (χ0) is 19.2. The quantitative estimate of drug-likeness (QED) is 0.800. The van der Waals surface area contributed by atoms with Crippen molar-refractivity contribution in [2.24, 2.45) is 0 Å². The van der Waals surface area contributed by atoms with E-state index >= 15 is 0 Å². The summed E-state index contributed by atoms with van der Waals surface area (Å²) < 4.78 is 1.91. The Kier molecular flexibility index (Phi) is 6.37. The lowest BCUT2D eigenvalue weighted by atomic mass is 10.0. The summed E-state index contributed by atoms with van der Waals surface area (Å²) in [5.74, 6) is -0.0753. The van der Waals surface area contributed by atoms with Gasteiger partial charge in [-0.25, -0.2) is 4.68 Å². The lowest BCUT2D eigenvalue weighted by Gasteiger charge is -2.32. The molecule has 28 heavy (non-hydrogen) atoms. The number of hydrogen-bond acceptors (Lipinski definition) is 4. The lowest BCUT2D eigenvalue weighted by molar-refractivity contribution is 0.0932. The summed E-state index contributed by atoms with van der Waals surface area (Å²) in [6.45, 7) is 3.24. The van der Waals surface area contributed by atoms with E-state index in [1.165, 1.54) is 31.2 Å². The van der Waals surface area contributed by atoms with Crippen LogP contribution in [0.15, 0.2) is 36.5 Å². The largest absolute Gasteiger partial charge is 0.348 e. The maximum atomic E-state index is 12.4. The Hall–Kier alpha value is -2.21. The third kappa shape index (κ3) is 4.98. The second-order valence-electron chi connectivity index (χ2n) is 8.22. The molecule has 4 rings (SSSR count). The molecule has 2 aliphatic rings. The Bertz CT molecular complexity index is 753. The number of carbonyl (C=O) groups is 1. The Balaban J connectivity index is 1.27. The molecule has 1 N–H and O–H groups in total. The fourth-order valence-corrected chi connectivity index (χ4v) is 4.49. The number of benzene rings is 1. The van der Waals surface area contributed by atoms with Crippen molar-refractivity contribution in [1.29, 1.82) is 0 Å². The number of aryl methyl sites for hydroxylation is 1. The monoisotopic (exact) mass is 381 g/mol. The maximum absolute atomic E-state index is 12.4. The Labute approximate surface area is 167 Å². The van der Waals surface area contributed by atoms with Crippen molar-refractivity contribution in [3.05, 3.63) is 47.8 Å². The highest BCUT2D eigenvalue weighted by Gasteiger charge is 2.24. The van der Waals surface area contributed by atoms with Gasteiger partial charge < -0.3 is 10.2 Å². The molecular weight excluding hydrogens is 350 g/mol. The number of piperidine rings is 1. The smallest absolute Gasteiger partial charge is 0.273 e. The van der Waals surface area contributed by atoms with Gasteiger partial charge in [-0.05, 0) is 57.2 Å². The van der Waals surface area contributed by atoms with Gasteiger partial charge in [-0.3, -0.25) is 4.79 Å². The van der Waals surface area contributed by atoms with Gasteiger partial charge in [0.1, 0.15) is 0 Å². The van der Waals surface area contributed by atoms with E-state index in [4.69, 9.17) is 0 Å². The number of amides is 1. The molecule has 0 unspecified atom stereocenters. The third-order valence-electron chi connectivity index (χ3n) is 6.07. The van der Waals surface area contributed by atoms with Gasteiger partial charge in [-0.2, -0.15) is 0 Å². The number of aromatic nitrogens is 3. The second-order valence-corrected chi connectivity index (χ2v) is 8.22. The highest BCUT2D eigenvalue weighted by molar-refractivity contribution is 5.92. The molecule has 1 aromatic heterocycles. The average Bonchev–Trinajstić information content (AvgIpc) is 3.41. The molecule has 1 aliphatic carbocycles. The number of nitrogens with zero attached hydrogens (tertiary/aromatic N) is 4. The Morgan fingerprint density at radius 3 is 2.75 bits per heavy atom. The van der Waals surface area contributed by atoms with Gasteiger partial charge in [0.05, 0.1) is 12.2 Å². The van der Waals surface area contributed by atoms with Gasteiger partial charge in [0.25, 0.3) is 5.91 Å². The van der Waals surface area contributed by atoms with Gasteiger partial charge in [0.2, 0.25) is 0 Å². The van der Waals surface area contributed by atoms with Crippen molar-refractivity contribution in [2.75, 3.05) is 19.6 Å². The number of nitrogens with one attached hydrogen (secondary N) is 1. The maximum Gasteiger partial charge on any atom is 0.273 e. The fourth-order valence-electron chi connectivity index (χ4n) is 4.49. The third-order valence-corrected chi connectivity index (χ3v) is 6.07. The molecule has 1 atom stereocenters. The first-order chi connectivity index (χ1) is 13.8. The zero-order valence-corrected chi connectivity index (χ0v) is 16.6. The van der Waals surface area contributed by atoms with Crippen LogP contribution < -0.4 is 5.32 Å². The number of rotatable bonds is 7. The van der Waals surface area contributed by atoms with Crippen molar-refractivity contribution in [2.45, 2.75) is 63.5 Å². The molecule has 0 bridgehead atoms. The lowest BCUT2D eigenvalue weighted by Crippen LogP contribution is -2.37.